The van der Waals surface area contributed by atoms with Gasteiger partial charge in [0, 0.05) is 52.9 Å². The summed E-state index contributed by atoms with van der Waals surface area (Å²) in [5, 5.41) is 0. The second kappa shape index (κ2) is 12.7. The van der Waals surface area contributed by atoms with Gasteiger partial charge in [-0.15, -0.1) is 0 Å². The molecular formula is C50H45NO2. The minimum atomic E-state index is 0.000353. The predicted octanol–water partition coefficient (Wildman–Crippen LogP) is 11.5. The van der Waals surface area contributed by atoms with Crippen LogP contribution < -0.4 is 14.4 Å². The topological polar surface area (TPSA) is 21.7 Å². The van der Waals surface area contributed by atoms with Crippen molar-refractivity contribution >= 4 is 16.8 Å². The Balaban J connectivity index is 1.07. The number of rotatable bonds is 4. The number of nitrogens with zero attached hydrogens (tertiary/aromatic N) is 1. The molecule has 262 valence electrons. The Bertz CT molecular complexity index is 2270. The molecule has 8 atom stereocenters. The van der Waals surface area contributed by atoms with Crippen molar-refractivity contribution in [2.75, 3.05) is 4.90 Å². The first-order chi connectivity index (χ1) is 26.3. The van der Waals surface area contributed by atoms with Crippen LogP contribution in [-0.2, 0) is 0 Å². The second-order valence-electron chi connectivity index (χ2n) is 15.9. The highest BCUT2D eigenvalue weighted by atomic mass is 16.5. The summed E-state index contributed by atoms with van der Waals surface area (Å²) in [5.74, 6) is 3.02. The smallest absolute Gasteiger partial charge is 0.131 e. The third-order valence-corrected chi connectivity index (χ3v) is 13.1. The minimum Gasteiger partial charge on any atom is -0.489 e. The van der Waals surface area contributed by atoms with E-state index in [1.165, 1.54) is 69.5 Å². The van der Waals surface area contributed by atoms with Crippen molar-refractivity contribution in [2.45, 2.75) is 80.6 Å². The van der Waals surface area contributed by atoms with E-state index >= 15 is 0 Å². The Morgan fingerprint density at radius 1 is 0.698 bits per heavy atom. The van der Waals surface area contributed by atoms with Gasteiger partial charge >= 0.3 is 0 Å². The lowest BCUT2D eigenvalue weighted by molar-refractivity contribution is 0.0983. The molecule has 3 heteroatoms. The summed E-state index contributed by atoms with van der Waals surface area (Å²) in [4.78, 5) is 2.71. The van der Waals surface area contributed by atoms with Gasteiger partial charge in [0.1, 0.15) is 23.7 Å². The largest absolute Gasteiger partial charge is 0.489 e. The van der Waals surface area contributed by atoms with E-state index in [4.69, 9.17) is 9.47 Å². The molecule has 11 rings (SSSR count). The van der Waals surface area contributed by atoms with Gasteiger partial charge in [0.05, 0.1) is 6.04 Å². The fourth-order valence-corrected chi connectivity index (χ4v) is 10.9. The van der Waals surface area contributed by atoms with Crippen molar-refractivity contribution in [3.05, 3.63) is 185 Å². The van der Waals surface area contributed by atoms with Crippen LogP contribution in [0, 0.1) is 5.92 Å². The SMILES string of the molecule is C1=CCC2Oc3c(C4=CC5C(C=C4)c4ccccc4N5C4C=CCCC4)cccc3C(C3c4ccccc4OC4CCC=C(c5ccccc5)C43)C2=C1. The van der Waals surface area contributed by atoms with Gasteiger partial charge in [-0.2, -0.15) is 0 Å². The van der Waals surface area contributed by atoms with Gasteiger partial charge in [0.25, 0.3) is 0 Å². The molecule has 7 aliphatic rings. The van der Waals surface area contributed by atoms with Gasteiger partial charge in [-0.3, -0.25) is 0 Å². The van der Waals surface area contributed by atoms with Crippen LogP contribution in [0.15, 0.2) is 157 Å². The predicted molar refractivity (Wildman–Crippen MR) is 216 cm³/mol. The average molecular weight is 692 g/mol. The number of para-hydroxylation sites is 3. The lowest BCUT2D eigenvalue weighted by Gasteiger charge is -2.49. The van der Waals surface area contributed by atoms with Gasteiger partial charge in [-0.25, -0.2) is 0 Å². The molecule has 0 amide bonds. The molecule has 0 saturated carbocycles. The molecule has 3 heterocycles. The highest BCUT2D eigenvalue weighted by molar-refractivity contribution is 5.84. The van der Waals surface area contributed by atoms with E-state index in [2.05, 4.69) is 157 Å². The summed E-state index contributed by atoms with van der Waals surface area (Å²) in [6.07, 6.45) is 28.4. The minimum absolute atomic E-state index is 0.000353. The van der Waals surface area contributed by atoms with E-state index in [1.54, 1.807) is 0 Å². The molecule has 0 saturated heterocycles. The first-order valence-electron chi connectivity index (χ1n) is 19.9. The number of ether oxygens (including phenoxy) is 2. The first kappa shape index (κ1) is 31.3. The average Bonchev–Trinajstić information content (AvgIpc) is 3.56. The van der Waals surface area contributed by atoms with E-state index in [0.29, 0.717) is 12.0 Å². The standard InChI is InChI=1S/C50H45NO2/c1-3-15-32(16-4-1)35-22-14-28-46-48(35)49(40-21-9-11-26-44(40)52-46)47-39-20-8-12-27-45(39)53-50-36(23-13-24-41(47)50)33-29-30-38-37-19-7-10-25-42(37)51(43(38)31-33)34-17-5-2-6-18-34/h1,3-5,7-13,15-17,19-26,29-31,34,38,43,45-49H,2,6,14,18,27-28H2. The number of hydrogen-bond acceptors (Lipinski definition) is 3. The molecule has 53 heavy (non-hydrogen) atoms. The van der Waals surface area contributed by atoms with Crippen molar-refractivity contribution in [3.8, 4) is 11.5 Å². The first-order valence-corrected chi connectivity index (χ1v) is 19.9. The van der Waals surface area contributed by atoms with E-state index in [0.717, 1.165) is 30.8 Å². The molecule has 3 nitrogen and oxygen atoms in total. The monoisotopic (exact) mass is 691 g/mol. The van der Waals surface area contributed by atoms with Crippen LogP contribution in [0.1, 0.15) is 84.1 Å². The maximum absolute atomic E-state index is 7.23. The quantitative estimate of drug-likeness (QED) is 0.199. The number of allylic oxidation sites excluding steroid dienone is 6. The van der Waals surface area contributed by atoms with Gasteiger partial charge in [-0.05, 0) is 77.6 Å². The molecule has 0 fully saturated rings. The third kappa shape index (κ3) is 5.00. The van der Waals surface area contributed by atoms with Crippen LogP contribution >= 0.6 is 0 Å². The van der Waals surface area contributed by atoms with Crippen molar-refractivity contribution in [3.63, 3.8) is 0 Å². The van der Waals surface area contributed by atoms with E-state index in [1.807, 2.05) is 0 Å². The molecule has 4 aromatic carbocycles. The lowest BCUT2D eigenvalue weighted by Crippen LogP contribution is -2.43. The van der Waals surface area contributed by atoms with Gasteiger partial charge < -0.3 is 14.4 Å². The Morgan fingerprint density at radius 3 is 2.45 bits per heavy atom. The molecule has 8 unspecified atom stereocenters. The molecule has 0 bridgehead atoms. The molecule has 0 radical (unpaired) electrons. The zero-order chi connectivity index (χ0) is 34.9. The summed E-state index contributed by atoms with van der Waals surface area (Å²) in [5.41, 5.74) is 12.1. The normalized spacial score (nSPS) is 30.2. The van der Waals surface area contributed by atoms with Crippen molar-refractivity contribution in [1.82, 2.24) is 0 Å². The Kier molecular flexibility index (Phi) is 7.49. The maximum Gasteiger partial charge on any atom is 0.131 e. The number of benzene rings is 4. The summed E-state index contributed by atoms with van der Waals surface area (Å²) in [6.45, 7) is 0. The summed E-state index contributed by atoms with van der Waals surface area (Å²) in [6, 6.07) is 36.7. The molecule has 3 aliphatic heterocycles. The van der Waals surface area contributed by atoms with Gasteiger partial charge in [0.2, 0.25) is 0 Å². The van der Waals surface area contributed by atoms with Crippen LogP contribution in [0.25, 0.3) is 11.1 Å². The molecule has 0 N–H and O–H groups in total. The van der Waals surface area contributed by atoms with Crippen molar-refractivity contribution < 1.29 is 9.47 Å². The Morgan fingerprint density at radius 2 is 1.55 bits per heavy atom. The molecule has 0 aromatic heterocycles. The van der Waals surface area contributed by atoms with Crippen molar-refractivity contribution in [2.24, 2.45) is 5.92 Å². The Labute approximate surface area is 313 Å². The Hall–Kier alpha value is -5.28. The maximum atomic E-state index is 7.23. The van der Waals surface area contributed by atoms with Crippen LogP contribution in [0.3, 0.4) is 0 Å². The van der Waals surface area contributed by atoms with E-state index in [-0.39, 0.29) is 36.0 Å². The summed E-state index contributed by atoms with van der Waals surface area (Å²) >= 11 is 0. The zero-order valence-corrected chi connectivity index (χ0v) is 30.1. The summed E-state index contributed by atoms with van der Waals surface area (Å²) in [7, 11) is 0. The highest BCUT2D eigenvalue weighted by Gasteiger charge is 2.50. The number of hydrogen-bond donors (Lipinski definition) is 0. The fraction of sp³-hybridized carbons (Fsp3) is 0.280. The molecular weight excluding hydrogens is 647 g/mol. The summed E-state index contributed by atoms with van der Waals surface area (Å²) < 4.78 is 14.2. The third-order valence-electron chi connectivity index (χ3n) is 13.1. The van der Waals surface area contributed by atoms with E-state index < -0.39 is 0 Å². The van der Waals surface area contributed by atoms with Crippen LogP contribution in [-0.4, -0.2) is 24.3 Å². The van der Waals surface area contributed by atoms with E-state index in [9.17, 15) is 0 Å². The molecule has 0 spiro atoms. The van der Waals surface area contributed by atoms with Gasteiger partial charge in [0.15, 0.2) is 0 Å². The second-order valence-corrected chi connectivity index (χ2v) is 15.9. The molecule has 4 aromatic rings. The van der Waals surface area contributed by atoms with Gasteiger partial charge in [-0.1, -0.05) is 140 Å². The van der Waals surface area contributed by atoms with Crippen LogP contribution in [0.5, 0.6) is 11.5 Å². The fourth-order valence-electron chi connectivity index (χ4n) is 10.9. The number of anilines is 1. The van der Waals surface area contributed by atoms with Crippen molar-refractivity contribution in [1.29, 1.82) is 0 Å². The highest BCUT2D eigenvalue weighted by Crippen LogP contribution is 2.60. The zero-order valence-electron chi connectivity index (χ0n) is 30.1. The lowest BCUT2D eigenvalue weighted by atomic mass is 9.61. The van der Waals surface area contributed by atoms with Crippen LogP contribution in [0.4, 0.5) is 5.69 Å². The van der Waals surface area contributed by atoms with Crippen LogP contribution in [0.2, 0.25) is 0 Å². The number of fused-ring (bicyclic) bond motifs is 7. The molecule has 4 aliphatic carbocycles.